The van der Waals surface area contributed by atoms with Gasteiger partial charge < -0.3 is 0 Å². The van der Waals surface area contributed by atoms with Crippen LogP contribution in [0.15, 0.2) is 274 Å². The van der Waals surface area contributed by atoms with Crippen LogP contribution >= 0.6 is 0 Å². The Balaban J connectivity index is 0.000000148. The van der Waals surface area contributed by atoms with Crippen LogP contribution in [0.2, 0.25) is 0 Å². The van der Waals surface area contributed by atoms with Gasteiger partial charge in [-0.25, -0.2) is 18.3 Å². The normalized spacial score (nSPS) is 12.6. The zero-order valence-electron chi connectivity index (χ0n) is 59.3. The van der Waals surface area contributed by atoms with Crippen LogP contribution < -0.4 is 18.3 Å². The molecule has 4 nitrogen and oxygen atoms in total. The van der Waals surface area contributed by atoms with Gasteiger partial charge in [-0.3, -0.25) is 0 Å². The zero-order valence-corrected chi connectivity index (χ0v) is 54.3. The van der Waals surface area contributed by atoms with E-state index in [0.717, 1.165) is 22.4 Å². The number of aryl methyl sites for hydroxylation is 8. The van der Waals surface area contributed by atoms with Crippen LogP contribution in [0.1, 0.15) is 105 Å². The summed E-state index contributed by atoms with van der Waals surface area (Å²) in [6, 6.07) is 86.1. The molecular formula is C85H90N4+4. The van der Waals surface area contributed by atoms with Gasteiger partial charge in [0.2, 0.25) is 22.8 Å². The molecule has 0 N–H and O–H groups in total. The standard InChI is InChI=1S/3C22H24N.C19H18N/c3*1-16(2)18-9-11-19(12-10-18)20-13-14-22(23(4)15-20)21-8-6-5-7-17(21)3;1-15-8-6-7-11-18(15)19-13-12-17(14-20(19)2)16-9-4-3-5-10-16/h3*5-16H,1-4H3;3-14H,1-2H3/q4*+1/i1D3,16D;16D;;. The lowest BCUT2D eigenvalue weighted by Gasteiger charge is -2.08. The van der Waals surface area contributed by atoms with Gasteiger partial charge in [-0.2, -0.15) is 0 Å². The van der Waals surface area contributed by atoms with Crippen molar-refractivity contribution in [3.8, 4) is 89.5 Å². The van der Waals surface area contributed by atoms with Crippen LogP contribution in [0.5, 0.6) is 0 Å². The molecule has 0 spiro atoms. The molecule has 89 heavy (non-hydrogen) atoms. The van der Waals surface area contributed by atoms with Gasteiger partial charge in [0.25, 0.3) is 0 Å². The molecule has 4 heteroatoms. The summed E-state index contributed by atoms with van der Waals surface area (Å²) in [5, 5.41) is 0. The lowest BCUT2D eigenvalue weighted by molar-refractivity contribution is -0.660. The van der Waals surface area contributed by atoms with Crippen molar-refractivity contribution in [2.75, 3.05) is 0 Å². The smallest absolute Gasteiger partial charge is 0.200 e. The van der Waals surface area contributed by atoms with Gasteiger partial charge >= 0.3 is 0 Å². The van der Waals surface area contributed by atoms with Crippen molar-refractivity contribution in [1.29, 1.82) is 0 Å². The average molecular weight is 1170 g/mol. The fourth-order valence-corrected chi connectivity index (χ4v) is 11.3. The first kappa shape index (κ1) is 57.1. The van der Waals surface area contributed by atoms with E-state index >= 15 is 0 Å². The molecule has 1 unspecified atom stereocenters. The summed E-state index contributed by atoms with van der Waals surface area (Å²) >= 11 is 0. The van der Waals surface area contributed by atoms with Crippen molar-refractivity contribution in [2.24, 2.45) is 28.2 Å². The molecule has 4 aromatic heterocycles. The summed E-state index contributed by atoms with van der Waals surface area (Å²) in [4.78, 5) is 0. The number of benzene rings is 8. The minimum Gasteiger partial charge on any atom is -0.200 e. The lowest BCUT2D eigenvalue weighted by Crippen LogP contribution is -2.30. The average Bonchev–Trinajstić information content (AvgIpc) is 0.844. The van der Waals surface area contributed by atoms with Gasteiger partial charge in [0.05, 0.1) is 0 Å². The monoisotopic (exact) mass is 1170 g/mol. The van der Waals surface area contributed by atoms with E-state index in [4.69, 9.17) is 6.85 Å². The Hall–Kier alpha value is -9.64. The highest BCUT2D eigenvalue weighted by atomic mass is 14.9. The summed E-state index contributed by atoms with van der Waals surface area (Å²) < 4.78 is 47.8. The zero-order chi connectivity index (χ0) is 67.5. The third-order valence-electron chi connectivity index (χ3n) is 16.7. The predicted molar refractivity (Wildman–Crippen MR) is 375 cm³/mol. The van der Waals surface area contributed by atoms with Crippen molar-refractivity contribution in [2.45, 2.75) is 86.9 Å². The number of hydrogen-bond donors (Lipinski definition) is 0. The molecule has 12 aromatic rings. The molecule has 1 atom stereocenters. The summed E-state index contributed by atoms with van der Waals surface area (Å²) in [7, 11) is 8.34. The predicted octanol–water partition coefficient (Wildman–Crippen LogP) is 20.0. The highest BCUT2D eigenvalue weighted by Crippen LogP contribution is 2.30. The Labute approximate surface area is 539 Å². The van der Waals surface area contributed by atoms with E-state index < -0.39 is 18.6 Å². The molecule has 0 bridgehead atoms. The molecule has 0 saturated carbocycles. The molecule has 0 amide bonds. The molecule has 0 aliphatic heterocycles. The van der Waals surface area contributed by atoms with Crippen molar-refractivity contribution in [3.63, 3.8) is 0 Å². The first-order chi connectivity index (χ1) is 44.8. The largest absolute Gasteiger partial charge is 0.212 e. The molecule has 0 fully saturated rings. The van der Waals surface area contributed by atoms with Crippen LogP contribution in [-0.4, -0.2) is 0 Å². The van der Waals surface area contributed by atoms with Crippen LogP contribution in [0.25, 0.3) is 89.5 Å². The quantitative estimate of drug-likeness (QED) is 0.115. The van der Waals surface area contributed by atoms with E-state index in [9.17, 15) is 0 Å². The molecule has 0 aliphatic carbocycles. The molecule has 0 aliphatic rings. The minimum absolute atomic E-state index is 0.493. The summed E-state index contributed by atoms with van der Waals surface area (Å²) in [6.45, 7) is 15.9. The second-order valence-corrected chi connectivity index (χ2v) is 23.8. The van der Waals surface area contributed by atoms with E-state index in [1.807, 2.05) is 51.2 Å². The Morgan fingerprint density at radius 3 is 0.742 bits per heavy atom. The molecule has 12 rings (SSSR count). The van der Waals surface area contributed by atoms with Crippen molar-refractivity contribution < 1.29 is 25.1 Å². The summed E-state index contributed by atoms with van der Waals surface area (Å²) in [5.74, 6) is -1.61. The summed E-state index contributed by atoms with van der Waals surface area (Å²) in [6.07, 6.45) is 8.65. The number of hydrogen-bond acceptors (Lipinski definition) is 0. The van der Waals surface area contributed by atoms with Crippen molar-refractivity contribution in [3.05, 3.63) is 312 Å². The van der Waals surface area contributed by atoms with Crippen molar-refractivity contribution in [1.82, 2.24) is 0 Å². The maximum absolute atomic E-state index is 8.20. The number of nitrogens with zero attached hydrogens (tertiary/aromatic N) is 4. The Kier molecular flexibility index (Phi) is 19.2. The van der Waals surface area contributed by atoms with Crippen LogP contribution in [-0.2, 0) is 28.2 Å². The first-order valence-corrected chi connectivity index (χ1v) is 30.9. The Morgan fingerprint density at radius 2 is 0.494 bits per heavy atom. The third-order valence-corrected chi connectivity index (χ3v) is 16.7. The summed E-state index contributed by atoms with van der Waals surface area (Å²) in [5.41, 5.74) is 27.3. The topological polar surface area (TPSA) is 15.5 Å². The lowest BCUT2D eigenvalue weighted by atomic mass is 9.98. The fourth-order valence-electron chi connectivity index (χ4n) is 11.3. The highest BCUT2D eigenvalue weighted by molar-refractivity contribution is 5.70. The number of aromatic nitrogens is 4. The second kappa shape index (κ2) is 29.8. The maximum Gasteiger partial charge on any atom is 0.212 e. The third kappa shape index (κ3) is 16.1. The van der Waals surface area contributed by atoms with Crippen LogP contribution in [0, 0.1) is 27.7 Å². The van der Waals surface area contributed by atoms with Gasteiger partial charge in [0, 0.05) is 75.6 Å². The van der Waals surface area contributed by atoms with Gasteiger partial charge in [0.15, 0.2) is 24.8 Å². The second-order valence-electron chi connectivity index (χ2n) is 23.8. The van der Waals surface area contributed by atoms with Crippen molar-refractivity contribution >= 4 is 0 Å². The van der Waals surface area contributed by atoms with Gasteiger partial charge in [-0.05, 0) is 155 Å². The molecule has 446 valence electrons. The maximum atomic E-state index is 8.20. The van der Waals surface area contributed by atoms with Gasteiger partial charge in [-0.1, -0.05) is 217 Å². The SMILES string of the molecule is Cc1ccccc1-c1ccc(-c2ccc(C(C)C)cc2)c[n+]1C.Cc1ccccc1-c1ccc(-c2ccccc2)c[n+]1C.[2H]C(C)(C)c1ccc(-c2ccc(-c3ccccc3C)[n+](C)c2)cc1.[2H]C([2H])([2H])C([2H])(C)c1ccc(-c2ccc(-c3ccccc3C)[n+](C)c2)cc1. The minimum atomic E-state index is -2.36. The molecular weight excluding hydrogens is 1080 g/mol. The van der Waals surface area contributed by atoms with E-state index in [1.54, 1.807) is 12.1 Å². The van der Waals surface area contributed by atoms with Crippen LogP contribution in [0.3, 0.4) is 0 Å². The number of rotatable bonds is 11. The molecule has 0 radical (unpaired) electrons. The first-order valence-electron chi connectivity index (χ1n) is 33.4. The molecule has 8 aromatic carbocycles. The van der Waals surface area contributed by atoms with Crippen LogP contribution in [0.4, 0.5) is 0 Å². The molecule has 4 heterocycles. The van der Waals surface area contributed by atoms with E-state index in [2.05, 4.69) is 312 Å². The molecule has 0 saturated heterocycles. The Morgan fingerprint density at radius 1 is 0.258 bits per heavy atom. The highest BCUT2D eigenvalue weighted by Gasteiger charge is 2.18. The number of pyridine rings is 4. The van der Waals surface area contributed by atoms with Gasteiger partial charge in [-0.15, -0.1) is 0 Å². The fraction of sp³-hybridized carbons (Fsp3) is 0.200. The van der Waals surface area contributed by atoms with Gasteiger partial charge in [0.1, 0.15) is 28.2 Å². The van der Waals surface area contributed by atoms with E-state index in [0.29, 0.717) is 11.5 Å². The van der Waals surface area contributed by atoms with E-state index in [1.165, 1.54) is 107 Å². The Bertz CT molecular complexity index is 4530. The van der Waals surface area contributed by atoms with E-state index in [-0.39, 0.29) is 0 Å².